The third-order valence-corrected chi connectivity index (χ3v) is 5.80. The molecular formula is C28H26ClNO4. The number of hydrogen-bond donors (Lipinski definition) is 0. The summed E-state index contributed by atoms with van der Waals surface area (Å²) >= 11 is 6.13. The lowest BCUT2D eigenvalue weighted by Crippen LogP contribution is -2.29. The van der Waals surface area contributed by atoms with Crippen molar-refractivity contribution < 1.29 is 14.3 Å². The van der Waals surface area contributed by atoms with Crippen LogP contribution in [-0.4, -0.2) is 17.6 Å². The molecule has 0 aliphatic heterocycles. The number of aromatic nitrogens is 1. The van der Waals surface area contributed by atoms with E-state index in [0.29, 0.717) is 40.3 Å². The molecule has 0 aliphatic carbocycles. The van der Waals surface area contributed by atoms with Crippen LogP contribution in [0.4, 0.5) is 0 Å². The molecule has 0 saturated heterocycles. The molecule has 4 aromatic rings. The highest BCUT2D eigenvalue weighted by Crippen LogP contribution is 2.34. The number of nitrogens with zero attached hydrogens (tertiary/aromatic N) is 1. The molecule has 0 spiro atoms. The molecule has 1 heterocycles. The maximum atomic E-state index is 13.5. The van der Waals surface area contributed by atoms with Crippen LogP contribution in [0.25, 0.3) is 21.9 Å². The van der Waals surface area contributed by atoms with Gasteiger partial charge in [0.15, 0.2) is 0 Å². The number of esters is 1. The summed E-state index contributed by atoms with van der Waals surface area (Å²) < 4.78 is 12.7. The SMILES string of the molecule is COC(=O)c1c(-c2ccc(Cl)cc2)c2cc(OCc3ccccc3)ccc2c(=O)n1CC(C)C. The maximum absolute atomic E-state index is 13.5. The van der Waals surface area contributed by atoms with Gasteiger partial charge in [0, 0.05) is 27.9 Å². The first-order valence-electron chi connectivity index (χ1n) is 11.1. The molecule has 0 amide bonds. The zero-order chi connectivity index (χ0) is 24.2. The minimum absolute atomic E-state index is 0.144. The third kappa shape index (κ3) is 4.85. The first-order chi connectivity index (χ1) is 16.4. The van der Waals surface area contributed by atoms with E-state index in [2.05, 4.69) is 0 Å². The highest BCUT2D eigenvalue weighted by molar-refractivity contribution is 6.30. The monoisotopic (exact) mass is 475 g/mol. The van der Waals surface area contributed by atoms with Gasteiger partial charge in [-0.05, 0) is 47.4 Å². The molecule has 0 unspecified atom stereocenters. The number of hydrogen-bond acceptors (Lipinski definition) is 4. The van der Waals surface area contributed by atoms with E-state index >= 15 is 0 Å². The van der Waals surface area contributed by atoms with E-state index in [9.17, 15) is 9.59 Å². The summed E-state index contributed by atoms with van der Waals surface area (Å²) in [7, 11) is 1.32. The molecule has 1 aromatic heterocycles. The van der Waals surface area contributed by atoms with Crippen LogP contribution in [0.1, 0.15) is 29.9 Å². The standard InChI is InChI=1S/C28H26ClNO4/c1-18(2)16-30-26(28(32)33-3)25(20-9-11-21(29)12-10-20)24-15-22(13-14-23(24)27(30)31)34-17-19-7-5-4-6-8-19/h4-15,18H,16-17H2,1-3H3. The van der Waals surface area contributed by atoms with E-state index in [-0.39, 0.29) is 17.2 Å². The van der Waals surface area contributed by atoms with E-state index in [0.717, 1.165) is 11.1 Å². The van der Waals surface area contributed by atoms with Crippen molar-refractivity contribution in [3.63, 3.8) is 0 Å². The van der Waals surface area contributed by atoms with Crippen LogP contribution in [0, 0.1) is 5.92 Å². The summed E-state index contributed by atoms with van der Waals surface area (Å²) in [6.07, 6.45) is 0. The Morgan fingerprint density at radius 1 is 0.971 bits per heavy atom. The number of ether oxygens (including phenoxy) is 2. The lowest BCUT2D eigenvalue weighted by atomic mass is 9.96. The number of carbonyl (C=O) groups is 1. The Kier molecular flexibility index (Phi) is 7.03. The predicted molar refractivity (Wildman–Crippen MR) is 136 cm³/mol. The molecule has 0 bridgehead atoms. The molecular weight excluding hydrogens is 450 g/mol. The number of benzene rings is 3. The summed E-state index contributed by atoms with van der Waals surface area (Å²) in [4.78, 5) is 26.6. The molecule has 0 saturated carbocycles. The Bertz CT molecular complexity index is 1380. The van der Waals surface area contributed by atoms with Crippen LogP contribution in [-0.2, 0) is 17.9 Å². The van der Waals surface area contributed by atoms with Crippen LogP contribution in [0.2, 0.25) is 5.02 Å². The molecule has 6 heteroatoms. The highest BCUT2D eigenvalue weighted by atomic mass is 35.5. The second-order valence-electron chi connectivity index (χ2n) is 8.51. The minimum atomic E-state index is -0.569. The Hall–Kier alpha value is -3.57. The largest absolute Gasteiger partial charge is 0.489 e. The zero-order valence-corrected chi connectivity index (χ0v) is 20.1. The normalized spacial score (nSPS) is 11.1. The summed E-state index contributed by atoms with van der Waals surface area (Å²) in [6, 6.07) is 22.4. The van der Waals surface area contributed by atoms with Gasteiger partial charge in [-0.2, -0.15) is 0 Å². The number of rotatable bonds is 7. The fourth-order valence-electron chi connectivity index (χ4n) is 4.01. The van der Waals surface area contributed by atoms with Crippen LogP contribution in [0.15, 0.2) is 77.6 Å². The predicted octanol–water partition coefficient (Wildman–Crippen LogP) is 6.34. The minimum Gasteiger partial charge on any atom is -0.489 e. The molecule has 0 N–H and O–H groups in total. The fourth-order valence-corrected chi connectivity index (χ4v) is 4.14. The Labute approximate surface area is 203 Å². The van der Waals surface area contributed by atoms with Gasteiger partial charge in [-0.3, -0.25) is 4.79 Å². The first-order valence-corrected chi connectivity index (χ1v) is 11.5. The van der Waals surface area contributed by atoms with Gasteiger partial charge in [0.1, 0.15) is 18.1 Å². The van der Waals surface area contributed by atoms with Gasteiger partial charge in [-0.1, -0.05) is 67.9 Å². The summed E-state index contributed by atoms with van der Waals surface area (Å²) in [5.41, 5.74) is 2.38. The highest BCUT2D eigenvalue weighted by Gasteiger charge is 2.25. The van der Waals surface area contributed by atoms with Gasteiger partial charge in [0.05, 0.1) is 7.11 Å². The van der Waals surface area contributed by atoms with Gasteiger partial charge < -0.3 is 14.0 Å². The smallest absolute Gasteiger partial charge is 0.355 e. The number of methoxy groups -OCH3 is 1. The molecule has 5 nitrogen and oxygen atoms in total. The zero-order valence-electron chi connectivity index (χ0n) is 19.4. The Morgan fingerprint density at radius 2 is 1.68 bits per heavy atom. The molecule has 0 fully saturated rings. The number of pyridine rings is 1. The maximum Gasteiger partial charge on any atom is 0.355 e. The van der Waals surface area contributed by atoms with Gasteiger partial charge in [0.25, 0.3) is 5.56 Å². The van der Waals surface area contributed by atoms with E-state index in [1.165, 1.54) is 11.7 Å². The van der Waals surface area contributed by atoms with E-state index in [1.807, 2.05) is 62.4 Å². The second kappa shape index (κ2) is 10.1. The molecule has 174 valence electrons. The quantitative estimate of drug-likeness (QED) is 0.292. The summed E-state index contributed by atoms with van der Waals surface area (Å²) in [5, 5.41) is 1.71. The van der Waals surface area contributed by atoms with Crippen LogP contribution < -0.4 is 10.3 Å². The van der Waals surface area contributed by atoms with Crippen molar-refractivity contribution in [2.75, 3.05) is 7.11 Å². The van der Waals surface area contributed by atoms with E-state index < -0.39 is 5.97 Å². The van der Waals surface area contributed by atoms with Crippen molar-refractivity contribution in [2.24, 2.45) is 5.92 Å². The van der Waals surface area contributed by atoms with Crippen molar-refractivity contribution in [2.45, 2.75) is 27.0 Å². The van der Waals surface area contributed by atoms with Crippen molar-refractivity contribution >= 4 is 28.3 Å². The molecule has 0 radical (unpaired) electrons. The van der Waals surface area contributed by atoms with Gasteiger partial charge >= 0.3 is 5.97 Å². The number of halogens is 1. The number of carbonyl (C=O) groups excluding carboxylic acids is 1. The average Bonchev–Trinajstić information content (AvgIpc) is 2.84. The van der Waals surface area contributed by atoms with Gasteiger partial charge in [-0.25, -0.2) is 4.79 Å². The topological polar surface area (TPSA) is 57.5 Å². The third-order valence-electron chi connectivity index (χ3n) is 5.55. The van der Waals surface area contributed by atoms with Crippen LogP contribution in [0.5, 0.6) is 5.75 Å². The van der Waals surface area contributed by atoms with E-state index in [4.69, 9.17) is 21.1 Å². The van der Waals surface area contributed by atoms with Crippen LogP contribution >= 0.6 is 11.6 Å². The van der Waals surface area contributed by atoms with Gasteiger partial charge in [0.2, 0.25) is 0 Å². The average molecular weight is 476 g/mol. The van der Waals surface area contributed by atoms with Crippen LogP contribution in [0.3, 0.4) is 0 Å². The molecule has 0 atom stereocenters. The molecule has 3 aromatic carbocycles. The lowest BCUT2D eigenvalue weighted by molar-refractivity contribution is 0.0587. The number of fused-ring (bicyclic) bond motifs is 1. The molecule has 34 heavy (non-hydrogen) atoms. The van der Waals surface area contributed by atoms with Crippen molar-refractivity contribution in [3.05, 3.63) is 99.4 Å². The summed E-state index contributed by atoms with van der Waals surface area (Å²) in [6.45, 7) is 4.77. The molecule has 4 rings (SSSR count). The summed E-state index contributed by atoms with van der Waals surface area (Å²) in [5.74, 6) is 0.175. The van der Waals surface area contributed by atoms with Gasteiger partial charge in [-0.15, -0.1) is 0 Å². The molecule has 0 aliphatic rings. The van der Waals surface area contributed by atoms with Crippen molar-refractivity contribution in [3.8, 4) is 16.9 Å². The van der Waals surface area contributed by atoms with Crippen molar-refractivity contribution in [1.82, 2.24) is 4.57 Å². The van der Waals surface area contributed by atoms with Crippen molar-refractivity contribution in [1.29, 1.82) is 0 Å². The second-order valence-corrected chi connectivity index (χ2v) is 8.95. The Morgan fingerprint density at radius 3 is 2.32 bits per heavy atom. The Balaban J connectivity index is 1.97. The fraction of sp³-hybridized carbons (Fsp3) is 0.214. The van der Waals surface area contributed by atoms with E-state index in [1.54, 1.807) is 24.3 Å². The first kappa shape index (κ1) is 23.6. The lowest BCUT2D eigenvalue weighted by Gasteiger charge is -2.20.